The van der Waals surface area contributed by atoms with Gasteiger partial charge in [-0.3, -0.25) is 0 Å². The molecule has 2 aromatic rings. The van der Waals surface area contributed by atoms with Crippen LogP contribution in [-0.2, 0) is 0 Å². The fourth-order valence-corrected chi connectivity index (χ4v) is 5.70. The molecular formula is C19H21P. The highest BCUT2D eigenvalue weighted by Crippen LogP contribution is 2.69. The van der Waals surface area contributed by atoms with E-state index in [4.69, 9.17) is 0 Å². The Labute approximate surface area is 122 Å². The summed E-state index contributed by atoms with van der Waals surface area (Å²) < 4.78 is 0. The van der Waals surface area contributed by atoms with Crippen molar-refractivity contribution in [1.82, 2.24) is 0 Å². The van der Waals surface area contributed by atoms with E-state index in [-0.39, 0.29) is 0 Å². The highest BCUT2D eigenvalue weighted by molar-refractivity contribution is 7.84. The van der Waals surface area contributed by atoms with E-state index in [0.717, 1.165) is 0 Å². The molecule has 0 N–H and O–H groups in total. The molecule has 20 heavy (non-hydrogen) atoms. The maximum absolute atomic E-state index is 3.80. The van der Waals surface area contributed by atoms with Crippen molar-refractivity contribution >= 4 is 12.6 Å². The van der Waals surface area contributed by atoms with Crippen LogP contribution in [-0.4, -0.2) is 19.5 Å². The fraction of sp³-hybridized carbons (Fsp3) is 0.263. The number of benzene rings is 2. The van der Waals surface area contributed by atoms with Gasteiger partial charge in [0.2, 0.25) is 0 Å². The van der Waals surface area contributed by atoms with Gasteiger partial charge in [0.25, 0.3) is 0 Å². The molecule has 1 aliphatic rings. The highest BCUT2D eigenvalue weighted by atomic mass is 31.2. The first-order chi connectivity index (χ1) is 9.56. The first-order valence-corrected chi connectivity index (χ1v) is 10.0. The van der Waals surface area contributed by atoms with Crippen LogP contribution in [0.1, 0.15) is 22.6 Å². The van der Waals surface area contributed by atoms with Crippen LogP contribution < -0.4 is 0 Å². The zero-order valence-electron chi connectivity index (χ0n) is 12.4. The minimum atomic E-state index is -1.06. The Morgan fingerprint density at radius 1 is 0.950 bits per heavy atom. The van der Waals surface area contributed by atoms with Crippen LogP contribution in [0.4, 0.5) is 0 Å². The summed E-state index contributed by atoms with van der Waals surface area (Å²) in [6, 6.07) is 19.7. The molecule has 0 nitrogen and oxygen atoms in total. The van der Waals surface area contributed by atoms with Gasteiger partial charge in [0, 0.05) is 7.26 Å². The van der Waals surface area contributed by atoms with Crippen LogP contribution in [0.15, 0.2) is 54.6 Å². The molecule has 0 radical (unpaired) electrons. The predicted molar refractivity (Wildman–Crippen MR) is 90.6 cm³/mol. The normalized spacial score (nSPS) is 20.8. The second kappa shape index (κ2) is 5.19. The molecule has 0 spiro atoms. The molecule has 0 aromatic heterocycles. The van der Waals surface area contributed by atoms with Gasteiger partial charge < -0.3 is 0 Å². The average Bonchev–Trinajstić information content (AvgIpc) is 2.77. The van der Waals surface area contributed by atoms with E-state index in [2.05, 4.69) is 80.9 Å². The van der Waals surface area contributed by atoms with Gasteiger partial charge in [-0.05, 0) is 12.8 Å². The third-order valence-corrected chi connectivity index (χ3v) is 6.96. The summed E-state index contributed by atoms with van der Waals surface area (Å²) in [5, 5.41) is 1.48. The third kappa shape index (κ3) is 2.58. The molecule has 2 aromatic carbocycles. The number of hydrogen-bond donors (Lipinski definition) is 0. The molecule has 0 bridgehead atoms. The van der Waals surface area contributed by atoms with Crippen LogP contribution in [0.5, 0.6) is 0 Å². The summed E-state index contributed by atoms with van der Waals surface area (Å²) in [4.78, 5) is 0. The molecular weight excluding hydrogens is 259 g/mol. The van der Waals surface area contributed by atoms with Crippen LogP contribution in [0.3, 0.4) is 0 Å². The van der Waals surface area contributed by atoms with E-state index in [9.17, 15) is 0 Å². The van der Waals surface area contributed by atoms with E-state index in [1.54, 1.807) is 0 Å². The lowest BCUT2D eigenvalue weighted by atomic mass is 10.00. The molecule has 0 amide bonds. The first-order valence-electron chi connectivity index (χ1n) is 7.15. The van der Waals surface area contributed by atoms with E-state index < -0.39 is 7.26 Å². The van der Waals surface area contributed by atoms with Gasteiger partial charge in [-0.2, -0.15) is 0 Å². The smallest absolute Gasteiger partial charge is 0.0549 e. The quantitative estimate of drug-likeness (QED) is 0.523. The SMILES string of the molecule is Cc1ccc(C2=[C-]C(c3ccccc3)C[P+]2(C)C)cc1. The Bertz CT molecular complexity index is 621. The minimum Gasteiger partial charge on any atom is -0.218 e. The lowest BCUT2D eigenvalue weighted by Gasteiger charge is -2.23. The van der Waals surface area contributed by atoms with Crippen molar-refractivity contribution in [3.63, 3.8) is 0 Å². The summed E-state index contributed by atoms with van der Waals surface area (Å²) >= 11 is 0. The number of allylic oxidation sites excluding steroid dienone is 1. The average molecular weight is 280 g/mol. The van der Waals surface area contributed by atoms with Crippen molar-refractivity contribution in [1.29, 1.82) is 0 Å². The standard InChI is InChI=1S/C19H21P/c1-15-9-11-17(12-10-15)19-13-18(14-20(19,2)3)16-7-5-4-6-8-16/h4-12,18H,14H2,1-3H3. The maximum atomic E-state index is 3.80. The minimum absolute atomic E-state index is 0.468. The topological polar surface area (TPSA) is 0 Å². The monoisotopic (exact) mass is 280 g/mol. The van der Waals surface area contributed by atoms with E-state index in [0.29, 0.717) is 5.92 Å². The largest absolute Gasteiger partial charge is 0.218 e. The number of rotatable bonds is 2. The molecule has 1 unspecified atom stereocenters. The van der Waals surface area contributed by atoms with Crippen molar-refractivity contribution in [2.24, 2.45) is 0 Å². The Morgan fingerprint density at radius 3 is 2.25 bits per heavy atom. The molecule has 1 atom stereocenters. The predicted octanol–water partition coefficient (Wildman–Crippen LogP) is 5.21. The summed E-state index contributed by atoms with van der Waals surface area (Å²) in [6.07, 6.45) is 5.05. The molecule has 1 heteroatoms. The molecule has 1 heterocycles. The molecule has 0 saturated heterocycles. The van der Waals surface area contributed by atoms with Gasteiger partial charge in [0.1, 0.15) is 0 Å². The van der Waals surface area contributed by atoms with Crippen LogP contribution >= 0.6 is 7.26 Å². The molecule has 0 fully saturated rings. The molecule has 1 aliphatic heterocycles. The lowest BCUT2D eigenvalue weighted by molar-refractivity contribution is 0.967. The second-order valence-electron chi connectivity index (χ2n) is 6.19. The lowest BCUT2D eigenvalue weighted by Crippen LogP contribution is -1.99. The van der Waals surface area contributed by atoms with E-state index >= 15 is 0 Å². The van der Waals surface area contributed by atoms with Crippen molar-refractivity contribution in [2.75, 3.05) is 19.5 Å². The first kappa shape index (κ1) is 13.6. The maximum Gasteiger partial charge on any atom is 0.0549 e. The Hall–Kier alpha value is -1.39. The fourth-order valence-electron chi connectivity index (χ4n) is 2.95. The van der Waals surface area contributed by atoms with Gasteiger partial charge in [0.05, 0.1) is 19.5 Å². The van der Waals surface area contributed by atoms with Crippen LogP contribution in [0.25, 0.3) is 5.31 Å². The van der Waals surface area contributed by atoms with Crippen LogP contribution in [0, 0.1) is 13.0 Å². The Morgan fingerprint density at radius 2 is 1.60 bits per heavy atom. The van der Waals surface area contributed by atoms with Gasteiger partial charge in [-0.1, -0.05) is 58.9 Å². The second-order valence-corrected chi connectivity index (χ2v) is 10.4. The van der Waals surface area contributed by atoms with Crippen molar-refractivity contribution in [3.05, 3.63) is 77.4 Å². The van der Waals surface area contributed by atoms with Gasteiger partial charge in [-0.25, -0.2) is 6.08 Å². The highest BCUT2D eigenvalue weighted by Gasteiger charge is 2.34. The Kier molecular flexibility index (Phi) is 3.52. The van der Waals surface area contributed by atoms with Gasteiger partial charge >= 0.3 is 0 Å². The van der Waals surface area contributed by atoms with Crippen LogP contribution in [0.2, 0.25) is 0 Å². The number of hydrogen-bond acceptors (Lipinski definition) is 0. The summed E-state index contributed by atoms with van der Waals surface area (Å²) in [5.74, 6) is 0.468. The van der Waals surface area contributed by atoms with E-state index in [1.807, 2.05) is 0 Å². The third-order valence-electron chi connectivity index (χ3n) is 4.08. The molecule has 3 rings (SSSR count). The van der Waals surface area contributed by atoms with Gasteiger partial charge in [0.15, 0.2) is 0 Å². The van der Waals surface area contributed by atoms with E-state index in [1.165, 1.54) is 28.2 Å². The zero-order chi connectivity index (χ0) is 14.2. The Balaban J connectivity index is 1.98. The van der Waals surface area contributed by atoms with Crippen molar-refractivity contribution in [2.45, 2.75) is 12.8 Å². The van der Waals surface area contributed by atoms with Gasteiger partial charge in [-0.15, -0.1) is 17.7 Å². The van der Waals surface area contributed by atoms with Crippen molar-refractivity contribution < 1.29 is 0 Å². The summed E-state index contributed by atoms with van der Waals surface area (Å²) in [7, 11) is -1.06. The molecule has 102 valence electrons. The summed E-state index contributed by atoms with van der Waals surface area (Å²) in [5.41, 5.74) is 4.10. The zero-order valence-corrected chi connectivity index (χ0v) is 13.3. The molecule has 0 aliphatic carbocycles. The number of aryl methyl sites for hydroxylation is 1. The molecule has 0 saturated carbocycles. The van der Waals surface area contributed by atoms with Crippen molar-refractivity contribution in [3.8, 4) is 0 Å². The summed E-state index contributed by atoms with van der Waals surface area (Å²) in [6.45, 7) is 7.03.